The van der Waals surface area contributed by atoms with Gasteiger partial charge in [-0.1, -0.05) is 0 Å². The highest BCUT2D eigenvalue weighted by molar-refractivity contribution is 9.10. The van der Waals surface area contributed by atoms with Crippen molar-refractivity contribution in [1.82, 2.24) is 20.2 Å². The average Bonchev–Trinajstić information content (AvgIpc) is 2.74. The number of methoxy groups -OCH3 is 1. The van der Waals surface area contributed by atoms with Crippen LogP contribution in [0.15, 0.2) is 16.7 Å². The fourth-order valence-corrected chi connectivity index (χ4v) is 1.46. The molecule has 0 aliphatic rings. The summed E-state index contributed by atoms with van der Waals surface area (Å²) in [5.41, 5.74) is 0.871. The van der Waals surface area contributed by atoms with Crippen LogP contribution in [0.4, 0.5) is 0 Å². The van der Waals surface area contributed by atoms with E-state index in [1.165, 1.54) is 0 Å². The zero-order valence-corrected chi connectivity index (χ0v) is 9.13. The van der Waals surface area contributed by atoms with Crippen LogP contribution in [0.5, 0.6) is 0 Å². The smallest absolute Gasteiger partial charge is 0.197 e. The van der Waals surface area contributed by atoms with E-state index in [2.05, 4.69) is 36.1 Å². The van der Waals surface area contributed by atoms with Crippen LogP contribution in [-0.2, 0) is 11.3 Å². The van der Waals surface area contributed by atoms with Gasteiger partial charge in [0.15, 0.2) is 11.6 Å². The minimum atomic E-state index is 0.439. The van der Waals surface area contributed by atoms with Crippen LogP contribution in [-0.4, -0.2) is 27.3 Å². The van der Waals surface area contributed by atoms with Gasteiger partial charge in [0.05, 0.1) is 5.69 Å². The maximum atomic E-state index is 4.93. The number of aromatic nitrogens is 4. The molecule has 0 atom stereocenters. The van der Waals surface area contributed by atoms with Crippen LogP contribution < -0.4 is 0 Å². The number of aromatic amines is 2. The molecule has 0 bridgehead atoms. The van der Waals surface area contributed by atoms with Gasteiger partial charge in [0.1, 0.15) is 6.61 Å². The molecular weight excluding hydrogens is 248 g/mol. The Kier molecular flexibility index (Phi) is 2.64. The zero-order valence-electron chi connectivity index (χ0n) is 7.54. The second kappa shape index (κ2) is 3.93. The largest absolute Gasteiger partial charge is 0.377 e. The Labute approximate surface area is 89.0 Å². The van der Waals surface area contributed by atoms with E-state index in [0.717, 1.165) is 10.2 Å². The molecule has 0 radical (unpaired) electrons. The third-order valence-electron chi connectivity index (χ3n) is 1.70. The van der Waals surface area contributed by atoms with Gasteiger partial charge in [-0.2, -0.15) is 5.10 Å². The Balaban J connectivity index is 2.24. The standard InChI is InChI=1S/C8H9BrN4O/c1-14-4-7-11-8(13-12-7)6-2-5(9)3-10-6/h2-3,10H,4H2,1H3,(H,11,12,13). The van der Waals surface area contributed by atoms with E-state index >= 15 is 0 Å². The van der Waals surface area contributed by atoms with Gasteiger partial charge in [-0.05, 0) is 22.0 Å². The monoisotopic (exact) mass is 256 g/mol. The Bertz CT molecular complexity index is 422. The minimum Gasteiger partial charge on any atom is -0.377 e. The molecule has 0 unspecified atom stereocenters. The summed E-state index contributed by atoms with van der Waals surface area (Å²) in [6.07, 6.45) is 1.84. The first-order chi connectivity index (χ1) is 6.79. The van der Waals surface area contributed by atoms with E-state index in [1.54, 1.807) is 7.11 Å². The van der Waals surface area contributed by atoms with E-state index < -0.39 is 0 Å². The van der Waals surface area contributed by atoms with Crippen molar-refractivity contribution in [3.05, 3.63) is 22.6 Å². The van der Waals surface area contributed by atoms with Gasteiger partial charge < -0.3 is 9.72 Å². The predicted molar refractivity (Wildman–Crippen MR) is 54.6 cm³/mol. The van der Waals surface area contributed by atoms with Crippen molar-refractivity contribution in [3.63, 3.8) is 0 Å². The lowest BCUT2D eigenvalue weighted by atomic mass is 10.4. The van der Waals surface area contributed by atoms with Gasteiger partial charge in [-0.15, -0.1) is 0 Å². The number of hydrogen-bond donors (Lipinski definition) is 2. The molecule has 2 aromatic rings. The summed E-state index contributed by atoms with van der Waals surface area (Å²) in [6.45, 7) is 0.439. The second-order valence-electron chi connectivity index (χ2n) is 2.77. The molecular formula is C8H9BrN4O. The second-order valence-corrected chi connectivity index (χ2v) is 3.69. The quantitative estimate of drug-likeness (QED) is 0.879. The van der Waals surface area contributed by atoms with E-state index in [1.807, 2.05) is 12.3 Å². The van der Waals surface area contributed by atoms with Crippen LogP contribution in [0.1, 0.15) is 5.82 Å². The number of ether oxygens (including phenoxy) is 1. The van der Waals surface area contributed by atoms with Crippen LogP contribution in [0.3, 0.4) is 0 Å². The Morgan fingerprint density at radius 1 is 1.57 bits per heavy atom. The Morgan fingerprint density at radius 2 is 2.43 bits per heavy atom. The molecule has 0 aliphatic carbocycles. The van der Waals surface area contributed by atoms with Gasteiger partial charge in [-0.25, -0.2) is 4.98 Å². The fourth-order valence-electron chi connectivity index (χ4n) is 1.11. The first-order valence-corrected chi connectivity index (χ1v) is 4.83. The summed E-state index contributed by atoms with van der Waals surface area (Å²) in [7, 11) is 1.62. The molecule has 0 saturated carbocycles. The van der Waals surface area contributed by atoms with E-state index in [0.29, 0.717) is 18.3 Å². The third kappa shape index (κ3) is 1.85. The summed E-state index contributed by atoms with van der Waals surface area (Å²) in [5, 5.41) is 6.84. The normalized spacial score (nSPS) is 10.7. The van der Waals surface area contributed by atoms with Crippen molar-refractivity contribution in [2.75, 3.05) is 7.11 Å². The molecule has 2 aromatic heterocycles. The van der Waals surface area contributed by atoms with Gasteiger partial charge in [0.2, 0.25) is 0 Å². The summed E-state index contributed by atoms with van der Waals surface area (Å²) in [6, 6.07) is 1.92. The molecule has 5 nitrogen and oxygen atoms in total. The van der Waals surface area contributed by atoms with Gasteiger partial charge in [0, 0.05) is 17.8 Å². The molecule has 0 aromatic carbocycles. The van der Waals surface area contributed by atoms with Crippen LogP contribution >= 0.6 is 15.9 Å². The van der Waals surface area contributed by atoms with Crippen LogP contribution in [0, 0.1) is 0 Å². The average molecular weight is 257 g/mol. The molecule has 0 saturated heterocycles. The maximum Gasteiger partial charge on any atom is 0.197 e. The molecule has 2 heterocycles. The lowest BCUT2D eigenvalue weighted by Gasteiger charge is -1.89. The number of nitrogens with one attached hydrogen (secondary N) is 2. The van der Waals surface area contributed by atoms with E-state index in [-0.39, 0.29) is 0 Å². The number of hydrogen-bond acceptors (Lipinski definition) is 3. The van der Waals surface area contributed by atoms with Gasteiger partial charge in [0.25, 0.3) is 0 Å². The summed E-state index contributed by atoms with van der Waals surface area (Å²) < 4.78 is 5.91. The molecule has 2 rings (SSSR count). The van der Waals surface area contributed by atoms with Crippen molar-refractivity contribution in [3.8, 4) is 11.5 Å². The Morgan fingerprint density at radius 3 is 3.07 bits per heavy atom. The molecule has 0 aliphatic heterocycles. The first-order valence-electron chi connectivity index (χ1n) is 4.04. The molecule has 2 N–H and O–H groups in total. The Hall–Kier alpha value is -1.14. The first kappa shape index (κ1) is 9.42. The van der Waals surface area contributed by atoms with Crippen molar-refractivity contribution in [2.45, 2.75) is 6.61 Å². The van der Waals surface area contributed by atoms with Crippen molar-refractivity contribution < 1.29 is 4.74 Å². The third-order valence-corrected chi connectivity index (χ3v) is 2.16. The van der Waals surface area contributed by atoms with Gasteiger partial charge >= 0.3 is 0 Å². The molecule has 74 valence electrons. The number of rotatable bonds is 3. The highest BCUT2D eigenvalue weighted by atomic mass is 79.9. The zero-order chi connectivity index (χ0) is 9.97. The highest BCUT2D eigenvalue weighted by Gasteiger charge is 2.06. The number of nitrogens with zero attached hydrogens (tertiary/aromatic N) is 2. The van der Waals surface area contributed by atoms with Crippen LogP contribution in [0.25, 0.3) is 11.5 Å². The molecule has 6 heteroatoms. The lowest BCUT2D eigenvalue weighted by Crippen LogP contribution is -1.89. The summed E-state index contributed by atoms with van der Waals surface area (Å²) >= 11 is 3.35. The highest BCUT2D eigenvalue weighted by Crippen LogP contribution is 2.18. The van der Waals surface area contributed by atoms with E-state index in [9.17, 15) is 0 Å². The molecule has 0 amide bonds. The van der Waals surface area contributed by atoms with E-state index in [4.69, 9.17) is 4.74 Å². The topological polar surface area (TPSA) is 66.6 Å². The molecule has 0 fully saturated rings. The number of H-pyrrole nitrogens is 2. The van der Waals surface area contributed by atoms with Crippen molar-refractivity contribution >= 4 is 15.9 Å². The lowest BCUT2D eigenvalue weighted by molar-refractivity contribution is 0.178. The minimum absolute atomic E-state index is 0.439. The van der Waals surface area contributed by atoms with Crippen molar-refractivity contribution in [2.24, 2.45) is 0 Å². The SMILES string of the molecule is COCc1nc(-c2cc(Br)c[nH]2)n[nH]1. The fraction of sp³-hybridized carbons (Fsp3) is 0.250. The van der Waals surface area contributed by atoms with Crippen molar-refractivity contribution in [1.29, 1.82) is 0 Å². The molecule has 0 spiro atoms. The van der Waals surface area contributed by atoms with Crippen LogP contribution in [0.2, 0.25) is 0 Å². The maximum absolute atomic E-state index is 4.93. The van der Waals surface area contributed by atoms with Gasteiger partial charge in [-0.3, -0.25) is 5.10 Å². The molecule has 14 heavy (non-hydrogen) atoms. The summed E-state index contributed by atoms with van der Waals surface area (Å²) in [5.74, 6) is 1.36. The summed E-state index contributed by atoms with van der Waals surface area (Å²) in [4.78, 5) is 7.28. The predicted octanol–water partition coefficient (Wildman–Crippen LogP) is 1.71. The number of halogens is 1.